The molecule has 8 heteroatoms. The van der Waals surface area contributed by atoms with Gasteiger partial charge in [-0.15, -0.1) is 0 Å². The summed E-state index contributed by atoms with van der Waals surface area (Å²) in [6.07, 6.45) is 6.93. The second-order valence-electron chi connectivity index (χ2n) is 6.96. The van der Waals surface area contributed by atoms with Crippen LogP contribution in [0.2, 0.25) is 0 Å². The van der Waals surface area contributed by atoms with Crippen LogP contribution in [0.15, 0.2) is 10.9 Å². The van der Waals surface area contributed by atoms with E-state index in [2.05, 4.69) is 40.8 Å². The largest absolute Gasteiger partial charge is 0.356 e. The predicted octanol–water partition coefficient (Wildman–Crippen LogP) is 2.35. The molecule has 2 fully saturated rings. The van der Waals surface area contributed by atoms with Crippen LogP contribution in [-0.4, -0.2) is 56.7 Å². The van der Waals surface area contributed by atoms with Crippen LogP contribution in [0, 0.1) is 5.92 Å². The van der Waals surface area contributed by atoms with Crippen LogP contribution in [0.3, 0.4) is 0 Å². The summed E-state index contributed by atoms with van der Waals surface area (Å²) in [4.78, 5) is 25.9. The Balaban J connectivity index is 1.48. The van der Waals surface area contributed by atoms with Crippen LogP contribution in [0.1, 0.15) is 32.1 Å². The van der Waals surface area contributed by atoms with Crippen molar-refractivity contribution in [2.45, 2.75) is 32.1 Å². The highest BCUT2D eigenvalue weighted by Crippen LogP contribution is 2.32. The van der Waals surface area contributed by atoms with Crippen molar-refractivity contribution in [3.63, 3.8) is 0 Å². The molecule has 134 valence electrons. The van der Waals surface area contributed by atoms with Crippen LogP contribution in [0.4, 0.5) is 5.82 Å². The summed E-state index contributed by atoms with van der Waals surface area (Å²) >= 11 is 3.52. The first-order valence-corrected chi connectivity index (χ1v) is 9.81. The second-order valence-corrected chi connectivity index (χ2v) is 7.71. The Hall–Kier alpha value is -1.70. The monoisotopic (exact) mass is 406 g/mol. The molecular weight excluding hydrogens is 384 g/mol. The molecule has 2 aromatic rings. The third kappa shape index (κ3) is 3.12. The van der Waals surface area contributed by atoms with E-state index in [-0.39, 0.29) is 5.92 Å². The summed E-state index contributed by atoms with van der Waals surface area (Å²) in [7, 11) is 1.88. The Labute approximate surface area is 155 Å². The lowest BCUT2D eigenvalue weighted by Gasteiger charge is -2.36. The Bertz CT molecular complexity index is 777. The van der Waals surface area contributed by atoms with Crippen molar-refractivity contribution in [2.75, 3.05) is 31.1 Å². The van der Waals surface area contributed by atoms with Gasteiger partial charge in [-0.3, -0.25) is 4.79 Å². The number of amides is 1. The van der Waals surface area contributed by atoms with Crippen LogP contribution < -0.4 is 4.90 Å². The van der Waals surface area contributed by atoms with Gasteiger partial charge in [-0.2, -0.15) is 5.10 Å². The fraction of sp³-hybridized carbons (Fsp3) is 0.647. The number of fused-ring (bicyclic) bond motifs is 1. The Kier molecular flexibility index (Phi) is 4.62. The smallest absolute Gasteiger partial charge is 0.225 e. The fourth-order valence-corrected chi connectivity index (χ4v) is 4.57. The lowest BCUT2D eigenvalue weighted by molar-refractivity contribution is -0.137. The quantitative estimate of drug-likeness (QED) is 0.765. The lowest BCUT2D eigenvalue weighted by atomic mass is 9.94. The summed E-state index contributed by atoms with van der Waals surface area (Å²) in [5.41, 5.74) is 0.823. The van der Waals surface area contributed by atoms with Gasteiger partial charge in [0.2, 0.25) is 5.91 Å². The summed E-state index contributed by atoms with van der Waals surface area (Å²) in [6, 6.07) is 0. The molecule has 0 bridgehead atoms. The highest BCUT2D eigenvalue weighted by molar-refractivity contribution is 9.10. The van der Waals surface area contributed by atoms with E-state index in [0.717, 1.165) is 73.3 Å². The number of anilines is 1. The average molecular weight is 407 g/mol. The number of aromatic nitrogens is 4. The Morgan fingerprint density at radius 3 is 2.56 bits per heavy atom. The van der Waals surface area contributed by atoms with Crippen molar-refractivity contribution in [3.8, 4) is 0 Å². The van der Waals surface area contributed by atoms with E-state index in [4.69, 9.17) is 0 Å². The van der Waals surface area contributed by atoms with Gasteiger partial charge in [-0.1, -0.05) is 0 Å². The van der Waals surface area contributed by atoms with Crippen molar-refractivity contribution in [2.24, 2.45) is 13.0 Å². The maximum absolute atomic E-state index is 12.7. The number of piperidine rings is 2. The van der Waals surface area contributed by atoms with Crippen LogP contribution >= 0.6 is 15.9 Å². The number of carbonyl (C=O) groups excluding carboxylic acids is 1. The molecule has 0 unspecified atom stereocenters. The molecule has 2 aliphatic rings. The molecule has 0 saturated carbocycles. The highest BCUT2D eigenvalue weighted by atomic mass is 79.9. The third-order valence-corrected chi connectivity index (χ3v) is 5.92. The number of halogens is 1. The maximum Gasteiger partial charge on any atom is 0.225 e. The molecule has 2 aromatic heterocycles. The van der Waals surface area contributed by atoms with E-state index in [1.807, 2.05) is 7.05 Å². The molecule has 4 rings (SSSR count). The van der Waals surface area contributed by atoms with E-state index in [1.165, 1.54) is 6.42 Å². The average Bonchev–Trinajstić information content (AvgIpc) is 2.96. The van der Waals surface area contributed by atoms with Gasteiger partial charge in [0.25, 0.3) is 0 Å². The molecule has 0 spiro atoms. The van der Waals surface area contributed by atoms with Gasteiger partial charge in [0.15, 0.2) is 5.65 Å². The van der Waals surface area contributed by atoms with E-state index in [1.54, 1.807) is 11.0 Å². The molecule has 2 aliphatic heterocycles. The topological polar surface area (TPSA) is 67.2 Å². The first-order chi connectivity index (χ1) is 12.1. The van der Waals surface area contributed by atoms with Crippen LogP contribution in [0.25, 0.3) is 11.0 Å². The Morgan fingerprint density at radius 1 is 1.12 bits per heavy atom. The first-order valence-electron chi connectivity index (χ1n) is 9.02. The number of nitrogens with zero attached hydrogens (tertiary/aromatic N) is 6. The minimum atomic E-state index is 0.156. The molecular formula is C17H23BrN6O. The van der Waals surface area contributed by atoms with E-state index in [9.17, 15) is 4.79 Å². The lowest BCUT2D eigenvalue weighted by Crippen LogP contribution is -2.44. The van der Waals surface area contributed by atoms with E-state index in [0.29, 0.717) is 5.91 Å². The number of rotatable bonds is 2. The van der Waals surface area contributed by atoms with Crippen molar-refractivity contribution in [3.05, 3.63) is 10.9 Å². The first kappa shape index (κ1) is 16.8. The van der Waals surface area contributed by atoms with Crippen molar-refractivity contribution in [1.82, 2.24) is 24.6 Å². The SMILES string of the molecule is Cn1nc(Br)c2c(N3CCC(C(=O)N4CCCCC4)CC3)ncnc21. The predicted molar refractivity (Wildman–Crippen MR) is 99.4 cm³/mol. The van der Waals surface area contributed by atoms with E-state index >= 15 is 0 Å². The molecule has 7 nitrogen and oxygen atoms in total. The van der Waals surface area contributed by atoms with Gasteiger partial charge in [0, 0.05) is 39.1 Å². The molecule has 0 aliphatic carbocycles. The minimum absolute atomic E-state index is 0.156. The zero-order valence-electron chi connectivity index (χ0n) is 14.5. The summed E-state index contributed by atoms with van der Waals surface area (Å²) in [6.45, 7) is 3.57. The fourth-order valence-electron chi connectivity index (χ4n) is 3.98. The molecule has 25 heavy (non-hydrogen) atoms. The molecule has 4 heterocycles. The van der Waals surface area contributed by atoms with Gasteiger partial charge in [-0.25, -0.2) is 14.6 Å². The molecule has 0 aromatic carbocycles. The van der Waals surface area contributed by atoms with Crippen molar-refractivity contribution in [1.29, 1.82) is 0 Å². The molecule has 0 N–H and O–H groups in total. The van der Waals surface area contributed by atoms with E-state index < -0.39 is 0 Å². The maximum atomic E-state index is 12.7. The molecule has 0 radical (unpaired) electrons. The number of likely N-dealkylation sites (tertiary alicyclic amines) is 1. The molecule has 1 amide bonds. The van der Waals surface area contributed by atoms with Gasteiger partial charge in [-0.05, 0) is 48.0 Å². The standard InChI is InChI=1S/C17H23BrN6O/c1-22-15-13(14(18)21-22)16(20-11-19-15)23-9-5-12(6-10-23)17(25)24-7-3-2-4-8-24/h11-12H,2-10H2,1H3. The number of aryl methyl sites for hydroxylation is 1. The minimum Gasteiger partial charge on any atom is -0.356 e. The Morgan fingerprint density at radius 2 is 1.84 bits per heavy atom. The third-order valence-electron chi connectivity index (χ3n) is 5.37. The second kappa shape index (κ2) is 6.90. The molecule has 0 atom stereocenters. The molecule has 2 saturated heterocycles. The van der Waals surface area contributed by atoms with Crippen molar-refractivity contribution < 1.29 is 4.79 Å². The van der Waals surface area contributed by atoms with Gasteiger partial charge in [0.05, 0.1) is 5.39 Å². The zero-order chi connectivity index (χ0) is 17.4. The summed E-state index contributed by atoms with van der Waals surface area (Å²) in [5.74, 6) is 1.42. The van der Waals surface area contributed by atoms with Crippen LogP contribution in [-0.2, 0) is 11.8 Å². The number of carbonyl (C=O) groups is 1. The zero-order valence-corrected chi connectivity index (χ0v) is 16.1. The number of hydrogen-bond acceptors (Lipinski definition) is 5. The van der Waals surface area contributed by atoms with Gasteiger partial charge < -0.3 is 9.80 Å². The highest BCUT2D eigenvalue weighted by Gasteiger charge is 2.30. The van der Waals surface area contributed by atoms with Crippen LogP contribution in [0.5, 0.6) is 0 Å². The summed E-state index contributed by atoms with van der Waals surface area (Å²) in [5, 5.41) is 5.34. The van der Waals surface area contributed by atoms with Gasteiger partial charge >= 0.3 is 0 Å². The normalized spacial score (nSPS) is 19.6. The van der Waals surface area contributed by atoms with Crippen molar-refractivity contribution >= 4 is 38.7 Å². The van der Waals surface area contributed by atoms with Gasteiger partial charge in [0.1, 0.15) is 16.7 Å². The summed E-state index contributed by atoms with van der Waals surface area (Å²) < 4.78 is 2.53. The number of hydrogen-bond donors (Lipinski definition) is 0.